The molecular formula is C26H24Cl3N3O. The lowest BCUT2D eigenvalue weighted by Crippen LogP contribution is -2.50. The molecule has 1 fully saturated rings. The van der Waals surface area contributed by atoms with Crippen LogP contribution in [0.2, 0.25) is 15.1 Å². The number of nitriles is 1. The van der Waals surface area contributed by atoms with Gasteiger partial charge in [0.05, 0.1) is 41.0 Å². The van der Waals surface area contributed by atoms with Gasteiger partial charge in [-0.25, -0.2) is 0 Å². The van der Waals surface area contributed by atoms with Gasteiger partial charge in [-0.1, -0.05) is 59.1 Å². The van der Waals surface area contributed by atoms with Crippen molar-refractivity contribution in [2.24, 2.45) is 0 Å². The van der Waals surface area contributed by atoms with Gasteiger partial charge in [-0.3, -0.25) is 4.90 Å². The molecule has 7 heteroatoms. The summed E-state index contributed by atoms with van der Waals surface area (Å²) in [6.07, 6.45) is 0. The summed E-state index contributed by atoms with van der Waals surface area (Å²) in [6, 6.07) is 23.7. The summed E-state index contributed by atoms with van der Waals surface area (Å²) in [5.41, 5.74) is 3.90. The van der Waals surface area contributed by atoms with E-state index in [1.54, 1.807) is 13.2 Å². The highest BCUT2D eigenvalue weighted by Crippen LogP contribution is 2.38. The Balaban J connectivity index is 1.68. The molecule has 1 aliphatic rings. The number of ether oxygens (including phenoxy) is 1. The van der Waals surface area contributed by atoms with Crippen LogP contribution in [-0.4, -0.2) is 38.3 Å². The molecule has 0 radical (unpaired) electrons. The first-order valence-corrected chi connectivity index (χ1v) is 11.8. The maximum absolute atomic E-state index is 9.16. The number of hydrogen-bond donors (Lipinski definition) is 0. The molecule has 3 aromatic rings. The Morgan fingerprint density at radius 2 is 1.67 bits per heavy atom. The Morgan fingerprint density at radius 3 is 2.30 bits per heavy atom. The van der Waals surface area contributed by atoms with Crippen LogP contribution in [-0.2, 0) is 4.74 Å². The third-order valence-corrected chi connectivity index (χ3v) is 6.87. The largest absolute Gasteiger partial charge is 0.383 e. The van der Waals surface area contributed by atoms with Crippen LogP contribution in [0, 0.1) is 11.3 Å². The van der Waals surface area contributed by atoms with E-state index < -0.39 is 0 Å². The minimum absolute atomic E-state index is 0.0624. The molecule has 0 bridgehead atoms. The Labute approximate surface area is 209 Å². The van der Waals surface area contributed by atoms with E-state index in [0.717, 1.165) is 36.4 Å². The number of benzene rings is 3. The Bertz CT molecular complexity index is 1130. The predicted octanol–water partition coefficient (Wildman–Crippen LogP) is 6.77. The fourth-order valence-electron chi connectivity index (χ4n) is 4.41. The third-order valence-electron chi connectivity index (χ3n) is 6.08. The molecule has 0 unspecified atom stereocenters. The molecule has 1 aliphatic heterocycles. The SMILES string of the molecule is COC[C@H](c1ccc(C#N)cc1)N1CCN(c2ccc(Cl)cc2Cl)[C@H](c2ccc(Cl)cc2)C1. The van der Waals surface area contributed by atoms with Crippen molar-refractivity contribution in [3.63, 3.8) is 0 Å². The van der Waals surface area contributed by atoms with Crippen LogP contribution in [0.3, 0.4) is 0 Å². The molecule has 0 aliphatic carbocycles. The molecule has 170 valence electrons. The second-order valence-corrected chi connectivity index (χ2v) is 9.34. The summed E-state index contributed by atoms with van der Waals surface area (Å²) >= 11 is 18.9. The number of anilines is 1. The van der Waals surface area contributed by atoms with Gasteiger partial charge in [0.2, 0.25) is 0 Å². The maximum Gasteiger partial charge on any atom is 0.0991 e. The fourth-order valence-corrected chi connectivity index (χ4v) is 5.05. The van der Waals surface area contributed by atoms with Gasteiger partial charge >= 0.3 is 0 Å². The first kappa shape index (κ1) is 23.9. The van der Waals surface area contributed by atoms with Crippen molar-refractivity contribution >= 4 is 40.5 Å². The molecule has 33 heavy (non-hydrogen) atoms. The molecule has 4 rings (SSSR count). The lowest BCUT2D eigenvalue weighted by molar-refractivity contribution is 0.0758. The van der Waals surface area contributed by atoms with E-state index in [0.29, 0.717) is 27.2 Å². The van der Waals surface area contributed by atoms with Crippen LogP contribution in [0.15, 0.2) is 66.7 Å². The van der Waals surface area contributed by atoms with E-state index in [1.165, 1.54) is 0 Å². The zero-order valence-electron chi connectivity index (χ0n) is 18.2. The van der Waals surface area contributed by atoms with Crippen LogP contribution < -0.4 is 4.90 Å². The van der Waals surface area contributed by atoms with Gasteiger partial charge in [-0.2, -0.15) is 5.26 Å². The highest BCUT2D eigenvalue weighted by atomic mass is 35.5. The van der Waals surface area contributed by atoms with Crippen molar-refractivity contribution in [2.45, 2.75) is 12.1 Å². The number of halogens is 3. The Kier molecular flexibility index (Phi) is 7.80. The summed E-state index contributed by atoms with van der Waals surface area (Å²) in [5, 5.41) is 11.1. The topological polar surface area (TPSA) is 39.5 Å². The summed E-state index contributed by atoms with van der Waals surface area (Å²) in [5.74, 6) is 0. The Hall–Kier alpha value is -2.26. The van der Waals surface area contributed by atoms with Gasteiger partial charge in [0.25, 0.3) is 0 Å². The zero-order valence-corrected chi connectivity index (χ0v) is 20.5. The van der Waals surface area contributed by atoms with Crippen LogP contribution in [0.25, 0.3) is 0 Å². The minimum atomic E-state index is 0.0624. The molecule has 0 spiro atoms. The smallest absolute Gasteiger partial charge is 0.0991 e. The standard InChI is InChI=1S/C26H24Cl3N3O/c1-33-17-26(20-4-2-18(15-30)3-5-20)31-12-13-32(24-11-10-22(28)14-23(24)29)25(16-31)19-6-8-21(27)9-7-19/h2-11,14,25-26H,12-13,16-17H2,1H3/t25-,26+/m0/s1. The first-order valence-electron chi connectivity index (χ1n) is 10.7. The molecule has 0 aromatic heterocycles. The molecule has 0 saturated carbocycles. The van der Waals surface area contributed by atoms with Crippen molar-refractivity contribution in [1.82, 2.24) is 4.90 Å². The summed E-state index contributed by atoms with van der Waals surface area (Å²) in [7, 11) is 1.72. The summed E-state index contributed by atoms with van der Waals surface area (Å²) < 4.78 is 5.60. The molecular weight excluding hydrogens is 477 g/mol. The van der Waals surface area contributed by atoms with Crippen molar-refractivity contribution in [2.75, 3.05) is 38.3 Å². The number of hydrogen-bond acceptors (Lipinski definition) is 4. The van der Waals surface area contributed by atoms with Crippen molar-refractivity contribution in [3.05, 3.63) is 98.5 Å². The second kappa shape index (κ2) is 10.8. The van der Waals surface area contributed by atoms with Gasteiger partial charge in [-0.05, 0) is 53.6 Å². The molecule has 1 saturated heterocycles. The van der Waals surface area contributed by atoms with Crippen molar-refractivity contribution in [3.8, 4) is 6.07 Å². The van der Waals surface area contributed by atoms with Gasteiger partial charge in [0.1, 0.15) is 0 Å². The molecule has 3 aromatic carbocycles. The normalized spacial score (nSPS) is 17.5. The first-order chi connectivity index (χ1) is 16.0. The second-order valence-electron chi connectivity index (χ2n) is 8.06. The third kappa shape index (κ3) is 5.46. The highest BCUT2D eigenvalue weighted by molar-refractivity contribution is 6.36. The lowest BCUT2D eigenvalue weighted by atomic mass is 9.97. The summed E-state index contributed by atoms with van der Waals surface area (Å²) in [6.45, 7) is 2.94. The average Bonchev–Trinajstić information content (AvgIpc) is 2.83. The van der Waals surface area contributed by atoms with E-state index in [1.807, 2.05) is 48.5 Å². The molecule has 0 amide bonds. The molecule has 2 atom stereocenters. The lowest BCUT2D eigenvalue weighted by Gasteiger charge is -2.46. The average molecular weight is 501 g/mol. The van der Waals surface area contributed by atoms with Crippen LogP contribution in [0.5, 0.6) is 0 Å². The zero-order chi connectivity index (χ0) is 23.4. The fraction of sp³-hybridized carbons (Fsp3) is 0.269. The molecule has 0 N–H and O–H groups in total. The minimum Gasteiger partial charge on any atom is -0.383 e. The number of methoxy groups -OCH3 is 1. The number of nitrogens with zero attached hydrogens (tertiary/aromatic N) is 3. The van der Waals surface area contributed by atoms with Crippen LogP contribution in [0.1, 0.15) is 28.8 Å². The molecule has 4 nitrogen and oxygen atoms in total. The van der Waals surface area contributed by atoms with E-state index in [9.17, 15) is 0 Å². The monoisotopic (exact) mass is 499 g/mol. The van der Waals surface area contributed by atoms with E-state index in [-0.39, 0.29) is 12.1 Å². The van der Waals surface area contributed by atoms with Gasteiger partial charge in [-0.15, -0.1) is 0 Å². The Morgan fingerprint density at radius 1 is 0.970 bits per heavy atom. The molecule has 1 heterocycles. The number of rotatable bonds is 6. The van der Waals surface area contributed by atoms with Crippen LogP contribution >= 0.6 is 34.8 Å². The highest BCUT2D eigenvalue weighted by Gasteiger charge is 2.33. The maximum atomic E-state index is 9.16. The summed E-state index contributed by atoms with van der Waals surface area (Å²) in [4.78, 5) is 4.77. The van der Waals surface area contributed by atoms with Gasteiger partial charge in [0, 0.05) is 36.8 Å². The van der Waals surface area contributed by atoms with Gasteiger partial charge in [0.15, 0.2) is 0 Å². The quantitative estimate of drug-likeness (QED) is 0.374. The van der Waals surface area contributed by atoms with Crippen molar-refractivity contribution in [1.29, 1.82) is 5.26 Å². The van der Waals surface area contributed by atoms with E-state index >= 15 is 0 Å². The number of piperazine rings is 1. The van der Waals surface area contributed by atoms with Crippen LogP contribution in [0.4, 0.5) is 5.69 Å². The van der Waals surface area contributed by atoms with Gasteiger partial charge < -0.3 is 9.64 Å². The van der Waals surface area contributed by atoms with Crippen molar-refractivity contribution < 1.29 is 4.74 Å². The van der Waals surface area contributed by atoms with E-state index in [4.69, 9.17) is 44.8 Å². The van der Waals surface area contributed by atoms with E-state index in [2.05, 4.69) is 28.0 Å². The predicted molar refractivity (Wildman–Crippen MR) is 135 cm³/mol.